The zero-order valence-corrected chi connectivity index (χ0v) is 14.2. The largest absolute Gasteiger partial charge is 0.406 e. The summed E-state index contributed by atoms with van der Waals surface area (Å²) in [5.74, 6) is -1.12. The molecule has 0 atom stereocenters. The Morgan fingerprint density at radius 2 is 1.78 bits per heavy atom. The highest BCUT2D eigenvalue weighted by molar-refractivity contribution is 5.76. The predicted molar refractivity (Wildman–Crippen MR) is 91.0 cm³/mol. The Morgan fingerprint density at radius 3 is 2.44 bits per heavy atom. The second kappa shape index (κ2) is 6.93. The second-order valence-electron chi connectivity index (χ2n) is 6.31. The van der Waals surface area contributed by atoms with E-state index in [0.717, 1.165) is 11.1 Å². The first kappa shape index (κ1) is 18.7. The summed E-state index contributed by atoms with van der Waals surface area (Å²) in [4.78, 5) is 38.3. The molecule has 1 aliphatic heterocycles. The van der Waals surface area contributed by atoms with Gasteiger partial charge in [0.15, 0.2) is 0 Å². The molecule has 2 aromatic rings. The topological polar surface area (TPSA) is 90.3 Å². The molecule has 3 rings (SSSR count). The van der Waals surface area contributed by atoms with E-state index in [2.05, 4.69) is 0 Å². The number of hydrogen-bond donors (Lipinski definition) is 1. The Hall–Kier alpha value is -3.04. The Bertz CT molecular complexity index is 994. The third kappa shape index (κ3) is 4.04. The Balaban J connectivity index is 1.85. The third-order valence-corrected chi connectivity index (χ3v) is 4.42. The molecule has 10 heteroatoms. The number of nitrogens with two attached hydrogens (primary N) is 1. The minimum absolute atomic E-state index is 0.236. The summed E-state index contributed by atoms with van der Waals surface area (Å²) in [5, 5.41) is 0. The summed E-state index contributed by atoms with van der Waals surface area (Å²) >= 11 is 0. The fourth-order valence-electron chi connectivity index (χ4n) is 3.06. The summed E-state index contributed by atoms with van der Waals surface area (Å²) in [6, 6.07) is 8.28. The van der Waals surface area contributed by atoms with E-state index >= 15 is 0 Å². The molecule has 144 valence electrons. The number of rotatable bonds is 3. The van der Waals surface area contributed by atoms with Crippen molar-refractivity contribution in [2.75, 3.05) is 12.3 Å². The molecule has 1 aromatic heterocycles. The molecule has 0 unspecified atom stereocenters. The van der Waals surface area contributed by atoms with Crippen molar-refractivity contribution < 1.29 is 18.0 Å². The van der Waals surface area contributed by atoms with Gasteiger partial charge >= 0.3 is 11.9 Å². The van der Waals surface area contributed by atoms with E-state index in [9.17, 15) is 27.6 Å². The predicted octanol–water partition coefficient (Wildman–Crippen LogP) is 0.739. The lowest BCUT2D eigenvalue weighted by molar-refractivity contribution is -0.141. The van der Waals surface area contributed by atoms with E-state index < -0.39 is 42.2 Å². The van der Waals surface area contributed by atoms with Crippen molar-refractivity contribution in [1.29, 1.82) is 0 Å². The van der Waals surface area contributed by atoms with Crippen LogP contribution in [0.3, 0.4) is 0 Å². The number of hydrogen-bond acceptors (Lipinski definition) is 4. The molecule has 0 radical (unpaired) electrons. The number of amides is 1. The van der Waals surface area contributed by atoms with E-state index in [1.54, 1.807) is 0 Å². The average molecular weight is 382 g/mol. The lowest BCUT2D eigenvalue weighted by Gasteiger charge is -2.29. The third-order valence-electron chi connectivity index (χ3n) is 4.42. The minimum Gasteiger partial charge on any atom is -0.385 e. The highest BCUT2D eigenvalue weighted by Crippen LogP contribution is 2.19. The van der Waals surface area contributed by atoms with Crippen LogP contribution >= 0.6 is 0 Å². The molecular weight excluding hydrogens is 365 g/mol. The van der Waals surface area contributed by atoms with Crippen molar-refractivity contribution in [1.82, 2.24) is 14.0 Å². The van der Waals surface area contributed by atoms with Gasteiger partial charge in [-0.15, -0.1) is 0 Å². The number of fused-ring (bicyclic) bond motifs is 1. The summed E-state index contributed by atoms with van der Waals surface area (Å²) in [5.41, 5.74) is 5.27. The van der Waals surface area contributed by atoms with Gasteiger partial charge in [0, 0.05) is 19.2 Å². The molecular formula is C17H17F3N4O3. The van der Waals surface area contributed by atoms with E-state index in [4.69, 9.17) is 5.73 Å². The molecule has 1 aromatic carbocycles. The molecule has 0 fully saturated rings. The molecule has 0 spiro atoms. The van der Waals surface area contributed by atoms with Gasteiger partial charge in [0.05, 0.1) is 0 Å². The van der Waals surface area contributed by atoms with Crippen LogP contribution in [0.5, 0.6) is 0 Å². The number of halogens is 3. The fraction of sp³-hybridized carbons (Fsp3) is 0.353. The zero-order valence-electron chi connectivity index (χ0n) is 14.2. The summed E-state index contributed by atoms with van der Waals surface area (Å²) in [6.07, 6.45) is -4.07. The number of anilines is 1. The first-order valence-electron chi connectivity index (χ1n) is 8.17. The van der Waals surface area contributed by atoms with Crippen LogP contribution in [0.2, 0.25) is 0 Å². The van der Waals surface area contributed by atoms with Gasteiger partial charge in [0.1, 0.15) is 18.9 Å². The summed E-state index contributed by atoms with van der Waals surface area (Å²) in [7, 11) is 0. The molecule has 0 saturated heterocycles. The van der Waals surface area contributed by atoms with Crippen molar-refractivity contribution in [3.8, 4) is 0 Å². The van der Waals surface area contributed by atoms with Crippen LogP contribution in [0.25, 0.3) is 0 Å². The van der Waals surface area contributed by atoms with Crippen LogP contribution in [-0.4, -0.2) is 32.7 Å². The van der Waals surface area contributed by atoms with E-state index in [-0.39, 0.29) is 4.57 Å². The van der Waals surface area contributed by atoms with Gasteiger partial charge in [-0.2, -0.15) is 13.2 Å². The molecule has 7 nitrogen and oxygen atoms in total. The van der Waals surface area contributed by atoms with Crippen LogP contribution in [-0.2, 0) is 30.8 Å². The van der Waals surface area contributed by atoms with Gasteiger partial charge in [0.25, 0.3) is 5.56 Å². The maximum absolute atomic E-state index is 12.6. The van der Waals surface area contributed by atoms with Gasteiger partial charge in [-0.1, -0.05) is 24.3 Å². The van der Waals surface area contributed by atoms with Crippen LogP contribution in [0.1, 0.15) is 11.1 Å². The Morgan fingerprint density at radius 1 is 1.11 bits per heavy atom. The summed E-state index contributed by atoms with van der Waals surface area (Å²) < 4.78 is 38.7. The van der Waals surface area contributed by atoms with Crippen LogP contribution in [0.4, 0.5) is 19.0 Å². The molecule has 1 aliphatic rings. The maximum atomic E-state index is 12.6. The van der Waals surface area contributed by atoms with Crippen molar-refractivity contribution >= 4 is 11.7 Å². The molecule has 2 heterocycles. The number of nitrogen functional groups attached to an aromatic ring is 1. The van der Waals surface area contributed by atoms with Gasteiger partial charge in [-0.25, -0.2) is 4.79 Å². The maximum Gasteiger partial charge on any atom is 0.406 e. The van der Waals surface area contributed by atoms with E-state index in [0.29, 0.717) is 30.1 Å². The lowest BCUT2D eigenvalue weighted by Crippen LogP contribution is -2.47. The molecule has 0 aliphatic carbocycles. The molecule has 27 heavy (non-hydrogen) atoms. The Kier molecular flexibility index (Phi) is 4.81. The standard InChI is InChI=1S/C17H17F3N4O3/c18-17(19,20)10-24-13(21)7-14(25)23(16(24)27)9-15(26)22-6-5-11-3-1-2-4-12(11)8-22/h1-4,7H,5-6,8-10,21H2. The molecule has 0 saturated carbocycles. The van der Waals surface area contributed by atoms with Crippen molar-refractivity contribution in [2.24, 2.45) is 0 Å². The smallest absolute Gasteiger partial charge is 0.385 e. The quantitative estimate of drug-likeness (QED) is 0.848. The molecule has 1 amide bonds. The second-order valence-corrected chi connectivity index (χ2v) is 6.31. The SMILES string of the molecule is Nc1cc(=O)n(CC(=O)N2CCc3ccccc3C2)c(=O)n1CC(F)(F)F. The zero-order chi connectivity index (χ0) is 19.8. The molecule has 2 N–H and O–H groups in total. The monoisotopic (exact) mass is 382 g/mol. The van der Waals surface area contributed by atoms with E-state index in [1.165, 1.54) is 4.90 Å². The normalized spacial score (nSPS) is 14.1. The van der Waals surface area contributed by atoms with Gasteiger partial charge in [-0.05, 0) is 17.5 Å². The number of benzene rings is 1. The number of aromatic nitrogens is 2. The fourth-order valence-corrected chi connectivity index (χ4v) is 3.06. The van der Waals surface area contributed by atoms with Gasteiger partial charge in [0.2, 0.25) is 5.91 Å². The first-order valence-corrected chi connectivity index (χ1v) is 8.17. The van der Waals surface area contributed by atoms with Crippen molar-refractivity contribution in [2.45, 2.75) is 32.2 Å². The minimum atomic E-state index is -4.69. The Labute approximate surface area is 151 Å². The summed E-state index contributed by atoms with van der Waals surface area (Å²) in [6.45, 7) is -1.56. The number of alkyl halides is 3. The van der Waals surface area contributed by atoms with Crippen LogP contribution in [0.15, 0.2) is 39.9 Å². The van der Waals surface area contributed by atoms with E-state index in [1.807, 2.05) is 24.3 Å². The van der Waals surface area contributed by atoms with Gasteiger partial charge < -0.3 is 10.6 Å². The number of nitrogens with zero attached hydrogens (tertiary/aromatic N) is 3. The highest BCUT2D eigenvalue weighted by atomic mass is 19.4. The van der Waals surface area contributed by atoms with Crippen molar-refractivity contribution in [3.63, 3.8) is 0 Å². The molecule has 0 bridgehead atoms. The lowest BCUT2D eigenvalue weighted by atomic mass is 10.00. The van der Waals surface area contributed by atoms with Crippen LogP contribution in [0, 0.1) is 0 Å². The van der Waals surface area contributed by atoms with Gasteiger partial charge in [-0.3, -0.25) is 18.7 Å². The van der Waals surface area contributed by atoms with Crippen molar-refractivity contribution in [3.05, 3.63) is 62.3 Å². The highest BCUT2D eigenvalue weighted by Gasteiger charge is 2.30. The number of carbonyl (C=O) groups is 1. The number of carbonyl (C=O) groups excluding carboxylic acids is 1. The first-order chi connectivity index (χ1) is 12.7. The average Bonchev–Trinajstić information content (AvgIpc) is 2.61. The van der Waals surface area contributed by atoms with Crippen LogP contribution < -0.4 is 17.0 Å².